The molecule has 1 aromatic carbocycles. The molecule has 0 fully saturated rings. The van der Waals surface area contributed by atoms with E-state index >= 15 is 0 Å². The first kappa shape index (κ1) is 11.8. The second kappa shape index (κ2) is 5.59. The van der Waals surface area contributed by atoms with E-state index in [9.17, 15) is 4.79 Å². The van der Waals surface area contributed by atoms with Crippen molar-refractivity contribution in [3.8, 4) is 0 Å². The van der Waals surface area contributed by atoms with Crippen molar-refractivity contribution < 1.29 is 0 Å². The normalized spacial score (nSPS) is 10.9. The molecule has 0 aliphatic rings. The number of fused-ring (bicyclic) bond motifs is 1. The van der Waals surface area contributed by atoms with Crippen LogP contribution >= 0.6 is 0 Å². The predicted molar refractivity (Wildman–Crippen MR) is 69.2 cm³/mol. The van der Waals surface area contributed by atoms with Gasteiger partial charge in [-0.15, -0.1) is 0 Å². The number of aromatic nitrogens is 2. The van der Waals surface area contributed by atoms with Crippen molar-refractivity contribution in [1.29, 1.82) is 0 Å². The van der Waals surface area contributed by atoms with Gasteiger partial charge < -0.3 is 9.88 Å². The van der Waals surface area contributed by atoms with Gasteiger partial charge in [-0.05, 0) is 25.1 Å². The lowest BCUT2D eigenvalue weighted by atomic mass is 10.3. The van der Waals surface area contributed by atoms with Gasteiger partial charge >= 0.3 is 0 Å². The predicted octanol–water partition coefficient (Wildman–Crippen LogP) is 1.40. The summed E-state index contributed by atoms with van der Waals surface area (Å²) in [6.07, 6.45) is 2.49. The van der Waals surface area contributed by atoms with Crippen molar-refractivity contribution in [3.63, 3.8) is 0 Å². The smallest absolute Gasteiger partial charge is 0.269 e. The van der Waals surface area contributed by atoms with Gasteiger partial charge in [-0.2, -0.15) is 0 Å². The van der Waals surface area contributed by atoms with Gasteiger partial charge in [0, 0.05) is 13.1 Å². The number of nitrogens with one attached hydrogen (secondary N) is 1. The fraction of sp³-hybridized carbons (Fsp3) is 0.385. The monoisotopic (exact) mass is 231 g/mol. The highest BCUT2D eigenvalue weighted by Crippen LogP contribution is 2.07. The summed E-state index contributed by atoms with van der Waals surface area (Å²) in [7, 11) is 0. The Morgan fingerprint density at radius 3 is 2.94 bits per heavy atom. The lowest BCUT2D eigenvalue weighted by Gasteiger charge is -2.09. The Morgan fingerprint density at radius 1 is 1.29 bits per heavy atom. The molecule has 17 heavy (non-hydrogen) atoms. The fourth-order valence-electron chi connectivity index (χ4n) is 1.84. The molecule has 2 aromatic rings. The van der Waals surface area contributed by atoms with Crippen LogP contribution in [0.4, 0.5) is 0 Å². The summed E-state index contributed by atoms with van der Waals surface area (Å²) in [6.45, 7) is 4.60. The SMILES string of the molecule is CCCNCCn1c(=O)cnc2ccccc21. The van der Waals surface area contributed by atoms with Gasteiger partial charge in [0.2, 0.25) is 0 Å². The van der Waals surface area contributed by atoms with Gasteiger partial charge in [0.1, 0.15) is 0 Å². The third-order valence-electron chi connectivity index (χ3n) is 2.69. The van der Waals surface area contributed by atoms with E-state index in [1.807, 2.05) is 24.3 Å². The van der Waals surface area contributed by atoms with Crippen LogP contribution in [0.1, 0.15) is 13.3 Å². The second-order valence-corrected chi connectivity index (χ2v) is 3.99. The molecule has 1 N–H and O–H groups in total. The topological polar surface area (TPSA) is 46.9 Å². The number of benzene rings is 1. The molecule has 0 aliphatic carbocycles. The van der Waals surface area contributed by atoms with Crippen LogP contribution in [0.3, 0.4) is 0 Å². The minimum absolute atomic E-state index is 0.0398. The van der Waals surface area contributed by atoms with E-state index in [1.165, 1.54) is 6.20 Å². The second-order valence-electron chi connectivity index (χ2n) is 3.99. The van der Waals surface area contributed by atoms with Crippen LogP contribution in [0.25, 0.3) is 11.0 Å². The highest BCUT2D eigenvalue weighted by Gasteiger charge is 2.02. The Morgan fingerprint density at radius 2 is 2.12 bits per heavy atom. The third-order valence-corrected chi connectivity index (χ3v) is 2.69. The summed E-state index contributed by atoms with van der Waals surface area (Å²) in [4.78, 5) is 15.9. The molecule has 4 heteroatoms. The van der Waals surface area contributed by atoms with Crippen LogP contribution in [-0.4, -0.2) is 22.6 Å². The average molecular weight is 231 g/mol. The lowest BCUT2D eigenvalue weighted by Crippen LogP contribution is -2.27. The van der Waals surface area contributed by atoms with Gasteiger partial charge in [-0.1, -0.05) is 19.1 Å². The third kappa shape index (κ3) is 2.71. The summed E-state index contributed by atoms with van der Waals surface area (Å²) >= 11 is 0. The minimum atomic E-state index is -0.0398. The van der Waals surface area contributed by atoms with Crippen molar-refractivity contribution in [2.45, 2.75) is 19.9 Å². The molecule has 2 rings (SSSR count). The zero-order valence-corrected chi connectivity index (χ0v) is 10.0. The molecule has 0 atom stereocenters. The van der Waals surface area contributed by atoms with Crippen LogP contribution in [0.5, 0.6) is 0 Å². The molecular weight excluding hydrogens is 214 g/mol. The van der Waals surface area contributed by atoms with E-state index in [4.69, 9.17) is 0 Å². The van der Waals surface area contributed by atoms with E-state index in [0.29, 0.717) is 6.54 Å². The van der Waals surface area contributed by atoms with Crippen LogP contribution in [0, 0.1) is 0 Å². The first-order valence-electron chi connectivity index (χ1n) is 5.98. The molecule has 0 radical (unpaired) electrons. The number of hydrogen-bond acceptors (Lipinski definition) is 3. The van der Waals surface area contributed by atoms with E-state index in [1.54, 1.807) is 4.57 Å². The molecule has 0 saturated heterocycles. The van der Waals surface area contributed by atoms with E-state index in [0.717, 1.165) is 30.5 Å². The lowest BCUT2D eigenvalue weighted by molar-refractivity contribution is 0.592. The Balaban J connectivity index is 2.25. The summed E-state index contributed by atoms with van der Waals surface area (Å²) in [6, 6.07) is 7.72. The first-order valence-corrected chi connectivity index (χ1v) is 5.98. The minimum Gasteiger partial charge on any atom is -0.315 e. The molecule has 1 aromatic heterocycles. The van der Waals surface area contributed by atoms with Gasteiger partial charge in [0.25, 0.3) is 5.56 Å². The van der Waals surface area contributed by atoms with Crippen molar-refractivity contribution >= 4 is 11.0 Å². The van der Waals surface area contributed by atoms with E-state index < -0.39 is 0 Å². The zero-order valence-electron chi connectivity index (χ0n) is 10.0. The Labute approximate surface area is 100 Å². The number of nitrogens with zero attached hydrogens (tertiary/aromatic N) is 2. The molecule has 0 saturated carbocycles. The van der Waals surface area contributed by atoms with Gasteiger partial charge in [-0.25, -0.2) is 4.98 Å². The summed E-state index contributed by atoms with van der Waals surface area (Å²) < 4.78 is 1.77. The summed E-state index contributed by atoms with van der Waals surface area (Å²) in [5.41, 5.74) is 1.72. The van der Waals surface area contributed by atoms with E-state index in [-0.39, 0.29) is 5.56 Å². The molecule has 4 nitrogen and oxygen atoms in total. The quantitative estimate of drug-likeness (QED) is 0.791. The number of hydrogen-bond donors (Lipinski definition) is 1. The maximum absolute atomic E-state index is 11.8. The van der Waals surface area contributed by atoms with Crippen molar-refractivity contribution in [1.82, 2.24) is 14.9 Å². The van der Waals surface area contributed by atoms with Crippen molar-refractivity contribution in [2.75, 3.05) is 13.1 Å². The van der Waals surface area contributed by atoms with Crippen LogP contribution in [-0.2, 0) is 6.54 Å². The molecule has 0 aliphatic heterocycles. The van der Waals surface area contributed by atoms with Gasteiger partial charge in [0.15, 0.2) is 0 Å². The largest absolute Gasteiger partial charge is 0.315 e. The summed E-state index contributed by atoms with van der Waals surface area (Å²) in [5.74, 6) is 0. The molecule has 90 valence electrons. The van der Waals surface area contributed by atoms with E-state index in [2.05, 4.69) is 17.2 Å². The molecule has 0 unspecified atom stereocenters. The highest BCUT2D eigenvalue weighted by atomic mass is 16.1. The molecule has 0 amide bonds. The first-order chi connectivity index (χ1) is 8.33. The maximum atomic E-state index is 11.8. The van der Waals surface area contributed by atoms with Crippen molar-refractivity contribution in [2.24, 2.45) is 0 Å². The van der Waals surface area contributed by atoms with Crippen LogP contribution < -0.4 is 10.9 Å². The Hall–Kier alpha value is -1.68. The van der Waals surface area contributed by atoms with Gasteiger partial charge in [-0.3, -0.25) is 4.79 Å². The van der Waals surface area contributed by atoms with Gasteiger partial charge in [0.05, 0.1) is 17.2 Å². The number of rotatable bonds is 5. The molecular formula is C13H17N3O. The van der Waals surface area contributed by atoms with Crippen molar-refractivity contribution in [3.05, 3.63) is 40.8 Å². The van der Waals surface area contributed by atoms with Crippen LogP contribution in [0.2, 0.25) is 0 Å². The molecule has 0 bridgehead atoms. The fourth-order valence-corrected chi connectivity index (χ4v) is 1.84. The summed E-state index contributed by atoms with van der Waals surface area (Å²) in [5, 5.41) is 3.30. The van der Waals surface area contributed by atoms with Crippen LogP contribution in [0.15, 0.2) is 35.3 Å². The molecule has 1 heterocycles. The Kier molecular flexibility index (Phi) is 3.88. The average Bonchev–Trinajstić information content (AvgIpc) is 2.37. The Bertz CT molecular complexity index is 548. The maximum Gasteiger partial charge on any atom is 0.269 e. The standard InChI is InChI=1S/C13H17N3O/c1-2-7-14-8-9-16-12-6-4-3-5-11(12)15-10-13(16)17/h3-6,10,14H,2,7-9H2,1H3. The molecule has 0 spiro atoms. The number of para-hydroxylation sites is 2. The zero-order chi connectivity index (χ0) is 12.1. The highest BCUT2D eigenvalue weighted by molar-refractivity contribution is 5.74.